The number of methoxy groups -OCH3 is 1. The Morgan fingerprint density at radius 1 is 1.53 bits per heavy atom. The zero-order valence-corrected chi connectivity index (χ0v) is 9.27. The second-order valence-corrected chi connectivity index (χ2v) is 3.44. The normalized spacial score (nSPS) is 9.60. The molecule has 0 saturated heterocycles. The molecule has 1 rings (SSSR count). The van der Waals surface area contributed by atoms with E-state index in [0.717, 1.165) is 7.11 Å². The first-order chi connectivity index (χ1) is 7.11. The summed E-state index contributed by atoms with van der Waals surface area (Å²) in [5.41, 5.74) is 0.0588. The van der Waals surface area contributed by atoms with E-state index in [0.29, 0.717) is 0 Å². The van der Waals surface area contributed by atoms with Gasteiger partial charge in [0.15, 0.2) is 17.4 Å². The van der Waals surface area contributed by atoms with Crippen LogP contribution in [0.1, 0.15) is 5.56 Å². The third kappa shape index (κ3) is 2.40. The van der Waals surface area contributed by atoms with E-state index >= 15 is 0 Å². The van der Waals surface area contributed by atoms with E-state index in [4.69, 9.17) is 0 Å². The van der Waals surface area contributed by atoms with Crippen molar-refractivity contribution in [3.8, 4) is 5.75 Å². The lowest BCUT2D eigenvalue weighted by atomic mass is 10.2. The summed E-state index contributed by atoms with van der Waals surface area (Å²) in [7, 11) is 1.15. The average molecular weight is 278 g/mol. The predicted octanol–water partition coefficient (Wildman–Crippen LogP) is 2.57. The third-order valence-electron chi connectivity index (χ3n) is 1.71. The van der Waals surface area contributed by atoms with Crippen molar-refractivity contribution < 1.29 is 18.3 Å². The van der Waals surface area contributed by atoms with E-state index in [1.54, 1.807) is 0 Å². The monoisotopic (exact) mass is 277 g/mol. The first-order valence-corrected chi connectivity index (χ1v) is 4.65. The van der Waals surface area contributed by atoms with Gasteiger partial charge in [-0.2, -0.15) is 0 Å². The minimum atomic E-state index is -0.864. The minimum absolute atomic E-state index is 0.0526. The van der Waals surface area contributed by atoms with E-state index in [9.17, 15) is 13.6 Å². The maximum atomic E-state index is 13.5. The van der Waals surface area contributed by atoms with Crippen LogP contribution in [0.15, 0.2) is 15.5 Å². The van der Waals surface area contributed by atoms with Gasteiger partial charge < -0.3 is 4.74 Å². The van der Waals surface area contributed by atoms with Crippen LogP contribution in [0.2, 0.25) is 0 Å². The molecule has 0 heterocycles. The Labute approximate surface area is 92.9 Å². The van der Waals surface area contributed by atoms with Gasteiger partial charge in [-0.1, -0.05) is 0 Å². The summed E-state index contributed by atoms with van der Waals surface area (Å²) in [4.78, 5) is 13.1. The van der Waals surface area contributed by atoms with Crippen molar-refractivity contribution in [1.29, 1.82) is 0 Å². The van der Waals surface area contributed by atoms with Crippen LogP contribution in [0.25, 0.3) is 0 Å². The highest BCUT2D eigenvalue weighted by Crippen LogP contribution is 2.31. The lowest BCUT2D eigenvalue weighted by molar-refractivity contribution is 0.356. The maximum Gasteiger partial charge on any atom is 0.235 e. The number of benzene rings is 1. The summed E-state index contributed by atoms with van der Waals surface area (Å²) < 4.78 is 31.3. The zero-order valence-electron chi connectivity index (χ0n) is 7.68. The average Bonchev–Trinajstić information content (AvgIpc) is 2.22. The van der Waals surface area contributed by atoms with Crippen LogP contribution in [0.4, 0.5) is 8.78 Å². The van der Waals surface area contributed by atoms with Gasteiger partial charge in [-0.05, 0) is 22.0 Å². The van der Waals surface area contributed by atoms with Crippen LogP contribution in [0, 0.1) is 11.6 Å². The number of ether oxygens (including phenoxy) is 1. The molecule has 0 bridgehead atoms. The second kappa shape index (κ2) is 5.00. The number of aliphatic imine (C=N–C) groups is 1. The van der Waals surface area contributed by atoms with Gasteiger partial charge in [-0.25, -0.2) is 18.6 Å². The van der Waals surface area contributed by atoms with Gasteiger partial charge in [0.25, 0.3) is 0 Å². The zero-order chi connectivity index (χ0) is 11.4. The number of rotatable bonds is 3. The third-order valence-corrected chi connectivity index (χ3v) is 2.29. The van der Waals surface area contributed by atoms with Crippen molar-refractivity contribution in [2.45, 2.75) is 6.54 Å². The SMILES string of the molecule is COc1c(F)c(Br)cc(CN=C=O)c1F. The van der Waals surface area contributed by atoms with E-state index in [1.165, 1.54) is 12.1 Å². The summed E-state index contributed by atoms with van der Waals surface area (Å²) in [6.07, 6.45) is 1.27. The smallest absolute Gasteiger partial charge is 0.235 e. The number of halogens is 3. The molecule has 3 nitrogen and oxygen atoms in total. The van der Waals surface area contributed by atoms with Gasteiger partial charge in [-0.15, -0.1) is 0 Å². The topological polar surface area (TPSA) is 38.7 Å². The van der Waals surface area contributed by atoms with Gasteiger partial charge >= 0.3 is 0 Å². The molecule has 0 aliphatic heterocycles. The van der Waals surface area contributed by atoms with Crippen LogP contribution in [0.3, 0.4) is 0 Å². The predicted molar refractivity (Wildman–Crippen MR) is 52.4 cm³/mol. The summed E-state index contributed by atoms with van der Waals surface area (Å²) >= 11 is 2.90. The molecule has 6 heteroatoms. The molecule has 1 aromatic rings. The molecule has 0 spiro atoms. The number of nitrogens with zero attached hydrogens (tertiary/aromatic N) is 1. The molecule has 80 valence electrons. The molecule has 0 fully saturated rings. The fraction of sp³-hybridized carbons (Fsp3) is 0.222. The van der Waals surface area contributed by atoms with E-state index in [-0.39, 0.29) is 16.6 Å². The van der Waals surface area contributed by atoms with Crippen LogP contribution in [-0.2, 0) is 11.3 Å². The van der Waals surface area contributed by atoms with Crippen molar-refractivity contribution >= 4 is 22.0 Å². The Bertz CT molecular complexity index is 431. The molecule has 15 heavy (non-hydrogen) atoms. The number of hydrogen-bond donors (Lipinski definition) is 0. The number of carbonyl (C=O) groups excluding carboxylic acids is 1. The van der Waals surface area contributed by atoms with Crippen LogP contribution in [0.5, 0.6) is 5.75 Å². The lowest BCUT2D eigenvalue weighted by Crippen LogP contribution is -1.98. The number of hydrogen-bond acceptors (Lipinski definition) is 3. The van der Waals surface area contributed by atoms with E-state index in [1.807, 2.05) is 0 Å². The van der Waals surface area contributed by atoms with Gasteiger partial charge in [-0.3, -0.25) is 0 Å². The molecule has 1 aromatic carbocycles. The molecular weight excluding hydrogens is 272 g/mol. The summed E-state index contributed by atoms with van der Waals surface area (Å²) in [5, 5.41) is 0. The lowest BCUT2D eigenvalue weighted by Gasteiger charge is -2.08. The molecule has 0 aromatic heterocycles. The molecule has 0 atom stereocenters. The molecule has 0 aliphatic carbocycles. The van der Waals surface area contributed by atoms with Crippen LogP contribution in [-0.4, -0.2) is 13.2 Å². The Hall–Kier alpha value is -1.26. The Balaban J connectivity index is 3.29. The van der Waals surface area contributed by atoms with Crippen molar-refractivity contribution in [3.63, 3.8) is 0 Å². The van der Waals surface area contributed by atoms with Crippen molar-refractivity contribution in [2.75, 3.05) is 7.11 Å². The van der Waals surface area contributed by atoms with Crippen LogP contribution >= 0.6 is 15.9 Å². The van der Waals surface area contributed by atoms with Crippen molar-refractivity contribution in [2.24, 2.45) is 4.99 Å². The van der Waals surface area contributed by atoms with Gasteiger partial charge in [0.1, 0.15) is 0 Å². The second-order valence-electron chi connectivity index (χ2n) is 2.59. The van der Waals surface area contributed by atoms with Gasteiger partial charge in [0.05, 0.1) is 18.1 Å². The summed E-state index contributed by atoms with van der Waals surface area (Å²) in [5.74, 6) is -2.19. The fourth-order valence-corrected chi connectivity index (χ4v) is 1.50. The molecule has 0 amide bonds. The number of isocyanates is 1. The first-order valence-electron chi connectivity index (χ1n) is 3.85. The van der Waals surface area contributed by atoms with Gasteiger partial charge in [0, 0.05) is 5.56 Å². The van der Waals surface area contributed by atoms with Gasteiger partial charge in [0.2, 0.25) is 6.08 Å². The summed E-state index contributed by atoms with van der Waals surface area (Å²) in [6, 6.07) is 1.20. The molecule has 0 unspecified atom stereocenters. The highest BCUT2D eigenvalue weighted by Gasteiger charge is 2.17. The highest BCUT2D eigenvalue weighted by atomic mass is 79.9. The molecule has 0 aliphatic rings. The van der Waals surface area contributed by atoms with Crippen molar-refractivity contribution in [1.82, 2.24) is 0 Å². The fourth-order valence-electron chi connectivity index (χ4n) is 1.04. The minimum Gasteiger partial charge on any atom is -0.491 e. The van der Waals surface area contributed by atoms with Crippen molar-refractivity contribution in [3.05, 3.63) is 27.7 Å². The first kappa shape index (κ1) is 11.8. The molecular formula is C9H6BrF2NO2. The Morgan fingerprint density at radius 3 is 2.73 bits per heavy atom. The summed E-state index contributed by atoms with van der Waals surface area (Å²) in [6.45, 7) is -0.204. The van der Waals surface area contributed by atoms with Crippen LogP contribution < -0.4 is 4.74 Å². The maximum absolute atomic E-state index is 13.5. The van der Waals surface area contributed by atoms with E-state index < -0.39 is 17.4 Å². The quantitative estimate of drug-likeness (QED) is 0.484. The van der Waals surface area contributed by atoms with E-state index in [2.05, 4.69) is 25.7 Å². The molecule has 0 N–H and O–H groups in total. The molecule has 0 saturated carbocycles. The Morgan fingerprint density at radius 2 is 2.20 bits per heavy atom. The molecule has 0 radical (unpaired) electrons. The Kier molecular flexibility index (Phi) is 3.94. The standard InChI is InChI=1S/C9H6BrF2NO2/c1-15-9-7(11)5(3-13-4-14)2-6(10)8(9)12/h2H,3H2,1H3. The largest absolute Gasteiger partial charge is 0.491 e. The highest BCUT2D eigenvalue weighted by molar-refractivity contribution is 9.10.